The standard InChI is InChI=1S/C67H58N4/c1-63(2)65(5,6)70(61(68-63)45-19-11-9-12-20-45)50-34-27-43(28-35-50)47-31-38-52-49(41-47)33-40-56-55-39-32-48(42-59(55)67(60(52)56)57-25-17-15-23-53(57)54-24-16-18-26-58(54)67)44-29-36-51(37-30-44)71-62(46-21-13-10-14-22-46)69-64(3,4)66(71,7)8/h9-42H,1-8H3. The third kappa shape index (κ3) is 6.03. The molecule has 1 spiro atoms. The largest absolute Gasteiger partial charge is 0.318 e. The van der Waals surface area contributed by atoms with Crippen LogP contribution >= 0.6 is 0 Å². The summed E-state index contributed by atoms with van der Waals surface area (Å²) >= 11 is 0. The van der Waals surface area contributed by atoms with Gasteiger partial charge in [-0.15, -0.1) is 0 Å². The first kappa shape index (κ1) is 43.2. The van der Waals surface area contributed by atoms with Gasteiger partial charge in [0.05, 0.1) is 27.6 Å². The summed E-state index contributed by atoms with van der Waals surface area (Å²) in [6.45, 7) is 18.2. The van der Waals surface area contributed by atoms with E-state index in [2.05, 4.69) is 271 Å². The molecular weight excluding hydrogens is 861 g/mol. The van der Waals surface area contributed by atoms with Crippen LogP contribution < -0.4 is 9.80 Å². The fourth-order valence-electron chi connectivity index (χ4n) is 12.4. The molecule has 0 aromatic heterocycles. The number of amidine groups is 2. The van der Waals surface area contributed by atoms with E-state index in [1.54, 1.807) is 0 Å². The lowest BCUT2D eigenvalue weighted by atomic mass is 9.69. The van der Waals surface area contributed by atoms with Crippen LogP contribution in [0, 0.1) is 0 Å². The van der Waals surface area contributed by atoms with Crippen LogP contribution in [0.15, 0.2) is 216 Å². The zero-order chi connectivity index (χ0) is 48.7. The average molecular weight is 919 g/mol. The zero-order valence-corrected chi connectivity index (χ0v) is 41.9. The molecule has 0 saturated carbocycles. The van der Waals surface area contributed by atoms with Crippen LogP contribution in [-0.2, 0) is 5.41 Å². The van der Waals surface area contributed by atoms with Crippen LogP contribution in [0.4, 0.5) is 11.4 Å². The predicted octanol–water partition coefficient (Wildman–Crippen LogP) is 16.2. The number of rotatable bonds is 6. The second kappa shape index (κ2) is 15.1. The molecule has 346 valence electrons. The number of fused-ring (bicyclic) bond motifs is 12. The quantitative estimate of drug-likeness (QED) is 0.166. The molecule has 0 amide bonds. The van der Waals surface area contributed by atoms with Crippen molar-refractivity contribution < 1.29 is 0 Å². The first-order valence-corrected chi connectivity index (χ1v) is 25.2. The van der Waals surface area contributed by atoms with E-state index in [9.17, 15) is 0 Å². The van der Waals surface area contributed by atoms with Crippen LogP contribution in [0.1, 0.15) is 88.8 Å². The summed E-state index contributed by atoms with van der Waals surface area (Å²) < 4.78 is 0. The van der Waals surface area contributed by atoms with Crippen LogP contribution in [0.3, 0.4) is 0 Å². The first-order valence-electron chi connectivity index (χ1n) is 25.2. The Morgan fingerprint density at radius 1 is 0.324 bits per heavy atom. The molecule has 0 saturated heterocycles. The van der Waals surface area contributed by atoms with E-state index < -0.39 is 5.41 Å². The maximum absolute atomic E-state index is 5.33. The molecule has 4 heteroatoms. The number of hydrogen-bond acceptors (Lipinski definition) is 4. The Balaban J connectivity index is 0.913. The Hall–Kier alpha value is -7.82. The van der Waals surface area contributed by atoms with E-state index in [1.165, 1.54) is 77.5 Å². The molecular formula is C67H58N4. The predicted molar refractivity (Wildman–Crippen MR) is 298 cm³/mol. The lowest BCUT2D eigenvalue weighted by Crippen LogP contribution is -2.53. The molecule has 0 radical (unpaired) electrons. The van der Waals surface area contributed by atoms with Crippen LogP contribution in [0.25, 0.3) is 55.3 Å². The number of aliphatic imine (C=N–C) groups is 2. The molecule has 0 N–H and O–H groups in total. The Morgan fingerprint density at radius 3 is 1.24 bits per heavy atom. The third-order valence-corrected chi connectivity index (χ3v) is 17.3. The van der Waals surface area contributed by atoms with Gasteiger partial charge in [0, 0.05) is 22.5 Å². The van der Waals surface area contributed by atoms with Crippen molar-refractivity contribution >= 4 is 33.8 Å². The molecule has 2 aliphatic carbocycles. The van der Waals surface area contributed by atoms with Gasteiger partial charge >= 0.3 is 0 Å². The van der Waals surface area contributed by atoms with Gasteiger partial charge in [0.15, 0.2) is 0 Å². The highest BCUT2D eigenvalue weighted by atomic mass is 15.3. The van der Waals surface area contributed by atoms with Gasteiger partial charge in [-0.25, -0.2) is 0 Å². The summed E-state index contributed by atoms with van der Waals surface area (Å²) in [6, 6.07) is 76.9. The molecule has 9 aromatic rings. The van der Waals surface area contributed by atoms with Gasteiger partial charge in [-0.1, -0.05) is 170 Å². The molecule has 9 aromatic carbocycles. The summed E-state index contributed by atoms with van der Waals surface area (Å²) in [5.41, 5.74) is 18.4. The summed E-state index contributed by atoms with van der Waals surface area (Å²) in [4.78, 5) is 15.5. The lowest BCUT2D eigenvalue weighted by molar-refractivity contribution is 0.338. The first-order chi connectivity index (χ1) is 34.2. The van der Waals surface area contributed by atoms with Gasteiger partial charge in [-0.3, -0.25) is 9.98 Å². The minimum absolute atomic E-state index is 0.231. The molecule has 2 aliphatic heterocycles. The topological polar surface area (TPSA) is 31.2 Å². The molecule has 0 bridgehead atoms. The van der Waals surface area contributed by atoms with Crippen LogP contribution in [0.2, 0.25) is 0 Å². The number of nitrogens with zero attached hydrogens (tertiary/aromatic N) is 4. The maximum atomic E-state index is 5.33. The number of hydrogen-bond donors (Lipinski definition) is 0. The maximum Gasteiger partial charge on any atom is 0.136 e. The minimum Gasteiger partial charge on any atom is -0.318 e. The molecule has 0 fully saturated rings. The van der Waals surface area contributed by atoms with E-state index >= 15 is 0 Å². The highest BCUT2D eigenvalue weighted by Crippen LogP contribution is 2.64. The summed E-state index contributed by atoms with van der Waals surface area (Å²) in [5.74, 6) is 2.03. The van der Waals surface area contributed by atoms with Crippen molar-refractivity contribution in [1.29, 1.82) is 0 Å². The molecule has 4 aliphatic rings. The van der Waals surface area contributed by atoms with E-state index in [1.807, 2.05) is 0 Å². The second-order valence-electron chi connectivity index (χ2n) is 22.1. The molecule has 4 nitrogen and oxygen atoms in total. The Bertz CT molecular complexity index is 3640. The number of benzene rings is 9. The van der Waals surface area contributed by atoms with Crippen LogP contribution in [-0.4, -0.2) is 33.8 Å². The van der Waals surface area contributed by atoms with Gasteiger partial charge in [0.1, 0.15) is 11.7 Å². The highest BCUT2D eigenvalue weighted by Gasteiger charge is 2.54. The van der Waals surface area contributed by atoms with Crippen molar-refractivity contribution in [2.75, 3.05) is 9.80 Å². The Kier molecular flexibility index (Phi) is 9.19. The van der Waals surface area contributed by atoms with Crippen molar-refractivity contribution in [3.05, 3.63) is 240 Å². The van der Waals surface area contributed by atoms with Gasteiger partial charge in [0.25, 0.3) is 0 Å². The minimum atomic E-state index is -0.503. The average Bonchev–Trinajstić information content (AvgIpc) is 4.00. The van der Waals surface area contributed by atoms with E-state index in [0.29, 0.717) is 0 Å². The SMILES string of the molecule is CC1(C)N=C(c2ccccc2)N(c2ccc(-c3ccc4c(c3)C3(c5ccccc5-c5ccccc53)c3c-4ccc4cc(-c5ccc(N6C(c7ccccc7)=NC(C)(C)C6(C)C)cc5)ccc34)cc2)C1(C)C. The molecule has 2 heterocycles. The van der Waals surface area contributed by atoms with Crippen molar-refractivity contribution in [2.24, 2.45) is 9.98 Å². The molecule has 0 atom stereocenters. The van der Waals surface area contributed by atoms with E-state index in [4.69, 9.17) is 9.98 Å². The molecule has 13 rings (SSSR count). The fourth-order valence-corrected chi connectivity index (χ4v) is 12.4. The van der Waals surface area contributed by atoms with E-state index in [-0.39, 0.29) is 22.2 Å². The third-order valence-electron chi connectivity index (χ3n) is 17.3. The smallest absolute Gasteiger partial charge is 0.136 e. The van der Waals surface area contributed by atoms with Crippen molar-refractivity contribution in [1.82, 2.24) is 0 Å². The van der Waals surface area contributed by atoms with Gasteiger partial charge in [-0.05, 0) is 169 Å². The summed E-state index contributed by atoms with van der Waals surface area (Å²) in [6.07, 6.45) is 0. The van der Waals surface area contributed by atoms with Crippen molar-refractivity contribution in [3.8, 4) is 44.5 Å². The number of anilines is 2. The van der Waals surface area contributed by atoms with Gasteiger partial charge in [-0.2, -0.15) is 0 Å². The van der Waals surface area contributed by atoms with Crippen LogP contribution in [0.5, 0.6) is 0 Å². The fraction of sp³-hybridized carbons (Fsp3) is 0.194. The van der Waals surface area contributed by atoms with Gasteiger partial charge < -0.3 is 9.80 Å². The van der Waals surface area contributed by atoms with E-state index in [0.717, 1.165) is 34.2 Å². The summed E-state index contributed by atoms with van der Waals surface area (Å²) in [7, 11) is 0. The lowest BCUT2D eigenvalue weighted by Gasteiger charge is -2.41. The van der Waals surface area contributed by atoms with Gasteiger partial charge in [0.2, 0.25) is 0 Å². The highest BCUT2D eigenvalue weighted by molar-refractivity contribution is 6.14. The zero-order valence-electron chi connectivity index (χ0n) is 41.9. The molecule has 71 heavy (non-hydrogen) atoms. The monoisotopic (exact) mass is 918 g/mol. The molecule has 0 unspecified atom stereocenters. The van der Waals surface area contributed by atoms with Crippen molar-refractivity contribution in [3.63, 3.8) is 0 Å². The summed E-state index contributed by atoms with van der Waals surface area (Å²) in [5, 5.41) is 2.52. The second-order valence-corrected chi connectivity index (χ2v) is 22.1. The van der Waals surface area contributed by atoms with Crippen molar-refractivity contribution in [2.45, 2.75) is 83.0 Å². The Labute approximate surface area is 418 Å². The Morgan fingerprint density at radius 2 is 0.732 bits per heavy atom. The normalized spacial score (nSPS) is 18.0.